The van der Waals surface area contributed by atoms with Crippen LogP contribution < -0.4 is 5.32 Å². The number of aryl methyl sites for hydroxylation is 2. The molecule has 0 heterocycles. The fourth-order valence-corrected chi connectivity index (χ4v) is 2.78. The molecule has 1 saturated carbocycles. The molecule has 1 unspecified atom stereocenters. The van der Waals surface area contributed by atoms with Gasteiger partial charge >= 0.3 is 0 Å². The van der Waals surface area contributed by atoms with Crippen molar-refractivity contribution in [3.63, 3.8) is 0 Å². The monoisotopic (exact) mass is 233 g/mol. The summed E-state index contributed by atoms with van der Waals surface area (Å²) in [5.74, 6) is 1.20. The van der Waals surface area contributed by atoms with Crippen LogP contribution in [0.4, 0.5) is 5.69 Å². The van der Waals surface area contributed by atoms with Gasteiger partial charge in [0.15, 0.2) is 0 Å². The van der Waals surface area contributed by atoms with E-state index in [-0.39, 0.29) is 0 Å². The van der Waals surface area contributed by atoms with E-state index in [1.807, 2.05) is 19.9 Å². The summed E-state index contributed by atoms with van der Waals surface area (Å²) in [5, 5.41) is 13.3. The van der Waals surface area contributed by atoms with E-state index in [0.717, 1.165) is 17.0 Å². The topological polar surface area (TPSA) is 32.3 Å². The smallest absolute Gasteiger partial charge is 0.118 e. The number of hydrogen-bond donors (Lipinski definition) is 2. The van der Waals surface area contributed by atoms with E-state index in [4.69, 9.17) is 0 Å². The van der Waals surface area contributed by atoms with Crippen molar-refractivity contribution in [1.82, 2.24) is 0 Å². The molecule has 0 aromatic heterocycles. The lowest BCUT2D eigenvalue weighted by Crippen LogP contribution is -2.24. The molecule has 2 rings (SSSR count). The number of aromatic hydroxyl groups is 1. The molecule has 1 aromatic carbocycles. The molecule has 0 amide bonds. The van der Waals surface area contributed by atoms with Gasteiger partial charge in [-0.1, -0.05) is 12.8 Å². The zero-order valence-electron chi connectivity index (χ0n) is 11.1. The van der Waals surface area contributed by atoms with E-state index in [0.29, 0.717) is 11.8 Å². The van der Waals surface area contributed by atoms with Gasteiger partial charge in [0.25, 0.3) is 0 Å². The average Bonchev–Trinajstić information content (AvgIpc) is 2.79. The van der Waals surface area contributed by atoms with Gasteiger partial charge in [0.1, 0.15) is 5.75 Å². The molecule has 2 heteroatoms. The van der Waals surface area contributed by atoms with Crippen molar-refractivity contribution in [1.29, 1.82) is 0 Å². The maximum atomic E-state index is 9.64. The second-order valence-corrected chi connectivity index (χ2v) is 5.43. The summed E-state index contributed by atoms with van der Waals surface area (Å²) in [6, 6.07) is 4.43. The molecule has 0 bridgehead atoms. The van der Waals surface area contributed by atoms with Crippen molar-refractivity contribution in [2.45, 2.75) is 52.5 Å². The fourth-order valence-electron chi connectivity index (χ4n) is 2.78. The average molecular weight is 233 g/mol. The molecule has 17 heavy (non-hydrogen) atoms. The van der Waals surface area contributed by atoms with E-state index in [1.54, 1.807) is 0 Å². The van der Waals surface area contributed by atoms with Crippen molar-refractivity contribution in [3.8, 4) is 5.75 Å². The number of phenolic OH excluding ortho intramolecular Hbond substituents is 1. The minimum absolute atomic E-state index is 0.390. The summed E-state index contributed by atoms with van der Waals surface area (Å²) < 4.78 is 0. The van der Waals surface area contributed by atoms with Crippen molar-refractivity contribution in [2.24, 2.45) is 5.92 Å². The van der Waals surface area contributed by atoms with Crippen molar-refractivity contribution < 1.29 is 5.11 Å². The molecule has 1 atom stereocenters. The van der Waals surface area contributed by atoms with E-state index >= 15 is 0 Å². The quantitative estimate of drug-likeness (QED) is 0.773. The molecule has 0 radical (unpaired) electrons. The highest BCUT2D eigenvalue weighted by molar-refractivity contribution is 5.57. The van der Waals surface area contributed by atoms with Crippen LogP contribution in [0.25, 0.3) is 0 Å². The van der Waals surface area contributed by atoms with Gasteiger partial charge < -0.3 is 10.4 Å². The predicted molar refractivity (Wildman–Crippen MR) is 72.6 cm³/mol. The summed E-state index contributed by atoms with van der Waals surface area (Å²) in [6.07, 6.45) is 5.46. The first-order valence-electron chi connectivity index (χ1n) is 6.64. The van der Waals surface area contributed by atoms with Crippen LogP contribution in [0.3, 0.4) is 0 Å². The SMILES string of the molecule is Cc1cc(NC(C)C2CCCC2)c(C)cc1O. The molecule has 94 valence electrons. The number of phenols is 1. The molecular weight excluding hydrogens is 210 g/mol. The van der Waals surface area contributed by atoms with Gasteiger partial charge in [-0.3, -0.25) is 0 Å². The Morgan fingerprint density at radius 3 is 2.47 bits per heavy atom. The summed E-state index contributed by atoms with van der Waals surface area (Å²) in [5.41, 5.74) is 3.23. The zero-order valence-corrected chi connectivity index (χ0v) is 11.1. The zero-order chi connectivity index (χ0) is 12.4. The maximum Gasteiger partial charge on any atom is 0.118 e. The van der Waals surface area contributed by atoms with E-state index in [2.05, 4.69) is 18.3 Å². The van der Waals surface area contributed by atoms with Crippen molar-refractivity contribution in [3.05, 3.63) is 23.3 Å². The van der Waals surface area contributed by atoms with Crippen LogP contribution >= 0.6 is 0 Å². The molecule has 2 nitrogen and oxygen atoms in total. The lowest BCUT2D eigenvalue weighted by Gasteiger charge is -2.23. The molecule has 1 aliphatic carbocycles. The third-order valence-corrected chi connectivity index (χ3v) is 4.03. The van der Waals surface area contributed by atoms with Crippen LogP contribution in [-0.4, -0.2) is 11.1 Å². The molecular formula is C15H23NO. The highest BCUT2D eigenvalue weighted by Gasteiger charge is 2.21. The van der Waals surface area contributed by atoms with Crippen LogP contribution in [0, 0.1) is 19.8 Å². The lowest BCUT2D eigenvalue weighted by atomic mass is 9.99. The van der Waals surface area contributed by atoms with E-state index < -0.39 is 0 Å². The van der Waals surface area contributed by atoms with Crippen molar-refractivity contribution in [2.75, 3.05) is 5.32 Å². The Bertz CT molecular complexity index is 394. The second kappa shape index (κ2) is 4.99. The largest absolute Gasteiger partial charge is 0.508 e. The van der Waals surface area contributed by atoms with Crippen LogP contribution in [-0.2, 0) is 0 Å². The summed E-state index contributed by atoms with van der Waals surface area (Å²) in [7, 11) is 0. The Morgan fingerprint density at radius 2 is 1.82 bits per heavy atom. The van der Waals surface area contributed by atoms with Gasteiger partial charge in [-0.25, -0.2) is 0 Å². The summed E-state index contributed by atoms with van der Waals surface area (Å²) in [6.45, 7) is 6.26. The Hall–Kier alpha value is -1.18. The van der Waals surface area contributed by atoms with Crippen LogP contribution in [0.15, 0.2) is 12.1 Å². The first kappa shape index (κ1) is 12.3. The van der Waals surface area contributed by atoms with Crippen LogP contribution in [0.2, 0.25) is 0 Å². The summed E-state index contributed by atoms with van der Waals surface area (Å²) in [4.78, 5) is 0. The number of anilines is 1. The van der Waals surface area contributed by atoms with Gasteiger partial charge in [0.2, 0.25) is 0 Å². The molecule has 0 spiro atoms. The number of hydrogen-bond acceptors (Lipinski definition) is 2. The molecule has 1 aromatic rings. The van der Waals surface area contributed by atoms with Crippen molar-refractivity contribution >= 4 is 5.69 Å². The Balaban J connectivity index is 2.09. The third kappa shape index (κ3) is 2.74. The number of benzene rings is 1. The standard InChI is InChI=1S/C15H23NO/c1-10-9-15(17)11(2)8-14(10)16-12(3)13-6-4-5-7-13/h8-9,12-13,16-17H,4-7H2,1-3H3. The lowest BCUT2D eigenvalue weighted by molar-refractivity contribution is 0.469. The van der Waals surface area contributed by atoms with Crippen LogP contribution in [0.5, 0.6) is 5.75 Å². The molecule has 1 fully saturated rings. The molecule has 1 aliphatic rings. The third-order valence-electron chi connectivity index (χ3n) is 4.03. The Kier molecular flexibility index (Phi) is 3.60. The van der Waals surface area contributed by atoms with Gasteiger partial charge in [0.05, 0.1) is 0 Å². The molecule has 2 N–H and O–H groups in total. The van der Waals surface area contributed by atoms with Gasteiger partial charge in [-0.2, -0.15) is 0 Å². The number of nitrogens with one attached hydrogen (secondary N) is 1. The highest BCUT2D eigenvalue weighted by atomic mass is 16.3. The van der Waals surface area contributed by atoms with Gasteiger partial charge in [0, 0.05) is 11.7 Å². The highest BCUT2D eigenvalue weighted by Crippen LogP contribution is 2.31. The second-order valence-electron chi connectivity index (χ2n) is 5.43. The Morgan fingerprint density at radius 1 is 1.18 bits per heavy atom. The predicted octanol–water partition coefficient (Wildman–Crippen LogP) is 4.00. The van der Waals surface area contributed by atoms with E-state index in [9.17, 15) is 5.11 Å². The van der Waals surface area contributed by atoms with Crippen LogP contribution in [0.1, 0.15) is 43.7 Å². The Labute approximate surface area is 104 Å². The molecule has 0 aliphatic heterocycles. The number of rotatable bonds is 3. The summed E-state index contributed by atoms with van der Waals surface area (Å²) >= 11 is 0. The normalized spacial score (nSPS) is 18.3. The fraction of sp³-hybridized carbons (Fsp3) is 0.600. The molecule has 0 saturated heterocycles. The minimum atomic E-state index is 0.390. The minimum Gasteiger partial charge on any atom is -0.508 e. The first-order valence-corrected chi connectivity index (χ1v) is 6.64. The van der Waals surface area contributed by atoms with Gasteiger partial charge in [-0.05, 0) is 62.8 Å². The first-order chi connectivity index (χ1) is 8.08. The maximum absolute atomic E-state index is 9.64. The van der Waals surface area contributed by atoms with E-state index in [1.165, 1.54) is 31.4 Å². The van der Waals surface area contributed by atoms with Gasteiger partial charge in [-0.15, -0.1) is 0 Å².